The smallest absolute Gasteiger partial charge is 0.335 e. The fourth-order valence-corrected chi connectivity index (χ4v) is 2.06. The quantitative estimate of drug-likeness (QED) is 0.547. The minimum Gasteiger partial charge on any atom is -0.478 e. The molecule has 1 rings (SSSR count). The molecule has 0 radical (unpaired) electrons. The van der Waals surface area contributed by atoms with Crippen LogP contribution >= 0.6 is 0 Å². The minimum absolute atomic E-state index is 0.120. The second-order valence-corrected chi connectivity index (χ2v) is 5.82. The van der Waals surface area contributed by atoms with Crippen LogP contribution in [0.5, 0.6) is 0 Å². The highest BCUT2D eigenvalue weighted by atomic mass is 16.4. The molecule has 0 aliphatic heterocycles. The fourth-order valence-electron chi connectivity index (χ4n) is 2.06. The van der Waals surface area contributed by atoms with Gasteiger partial charge in [-0.05, 0) is 30.0 Å². The van der Waals surface area contributed by atoms with Gasteiger partial charge in [0.25, 0.3) is 0 Å². The first kappa shape index (κ1) is 18.6. The SMILES string of the molecule is CC(C)C[C@@H](O)C(=O)N[C@H](Cc1ccc(C(=O)O)cc1)C(N)=O. The number of amides is 2. The van der Waals surface area contributed by atoms with Gasteiger partial charge in [0.05, 0.1) is 5.56 Å². The van der Waals surface area contributed by atoms with Gasteiger partial charge in [-0.1, -0.05) is 26.0 Å². The molecule has 2 atom stereocenters. The molecule has 7 heteroatoms. The standard InChI is InChI=1S/C16H22N2O5/c1-9(2)7-13(19)15(21)18-12(14(17)20)8-10-3-5-11(6-4-10)16(22)23/h3-6,9,12-13,19H,7-8H2,1-2H3,(H2,17,20)(H,18,21)(H,22,23)/t12-,13-/m1/s1. The average Bonchev–Trinajstić information content (AvgIpc) is 2.46. The largest absolute Gasteiger partial charge is 0.478 e. The van der Waals surface area contributed by atoms with E-state index < -0.39 is 29.9 Å². The number of aromatic carboxylic acids is 1. The van der Waals surface area contributed by atoms with Crippen LogP contribution in [-0.4, -0.2) is 40.1 Å². The van der Waals surface area contributed by atoms with E-state index in [2.05, 4.69) is 5.32 Å². The van der Waals surface area contributed by atoms with Gasteiger partial charge in [-0.3, -0.25) is 9.59 Å². The number of carbonyl (C=O) groups excluding carboxylic acids is 2. The van der Waals surface area contributed by atoms with Crippen molar-refractivity contribution < 1.29 is 24.6 Å². The molecule has 0 fully saturated rings. The molecule has 5 N–H and O–H groups in total. The topological polar surface area (TPSA) is 130 Å². The van der Waals surface area contributed by atoms with Gasteiger partial charge in [-0.15, -0.1) is 0 Å². The summed E-state index contributed by atoms with van der Waals surface area (Å²) >= 11 is 0. The summed E-state index contributed by atoms with van der Waals surface area (Å²) in [5, 5.41) is 21.0. The Balaban J connectivity index is 2.73. The second kappa shape index (κ2) is 8.28. The van der Waals surface area contributed by atoms with Crippen LogP contribution in [0.2, 0.25) is 0 Å². The molecule has 0 saturated carbocycles. The molecule has 0 spiro atoms. The highest BCUT2D eigenvalue weighted by molar-refractivity contribution is 5.89. The van der Waals surface area contributed by atoms with Gasteiger partial charge < -0.3 is 21.3 Å². The van der Waals surface area contributed by atoms with Crippen LogP contribution in [0.3, 0.4) is 0 Å². The molecule has 1 aromatic carbocycles. The molecule has 0 aliphatic carbocycles. The van der Waals surface area contributed by atoms with Crippen LogP contribution in [0.1, 0.15) is 36.2 Å². The van der Waals surface area contributed by atoms with Crippen molar-refractivity contribution in [2.45, 2.75) is 38.8 Å². The molecule has 23 heavy (non-hydrogen) atoms. The average molecular weight is 322 g/mol. The summed E-state index contributed by atoms with van der Waals surface area (Å²) in [6, 6.07) is 4.95. The summed E-state index contributed by atoms with van der Waals surface area (Å²) < 4.78 is 0. The van der Waals surface area contributed by atoms with E-state index in [1.807, 2.05) is 13.8 Å². The molecule has 0 saturated heterocycles. The van der Waals surface area contributed by atoms with Gasteiger partial charge in [0, 0.05) is 6.42 Å². The van der Waals surface area contributed by atoms with Crippen LogP contribution in [0, 0.1) is 5.92 Å². The molecular formula is C16H22N2O5. The van der Waals surface area contributed by atoms with Crippen LogP contribution in [0.25, 0.3) is 0 Å². The third kappa shape index (κ3) is 6.07. The zero-order chi connectivity index (χ0) is 17.6. The lowest BCUT2D eigenvalue weighted by molar-refractivity contribution is -0.133. The maximum atomic E-state index is 11.9. The summed E-state index contributed by atoms with van der Waals surface area (Å²) in [6.45, 7) is 3.73. The van der Waals surface area contributed by atoms with Crippen molar-refractivity contribution >= 4 is 17.8 Å². The Hall–Kier alpha value is -2.41. The number of carboxylic acids is 1. The number of hydrogen-bond donors (Lipinski definition) is 4. The number of rotatable bonds is 8. The monoisotopic (exact) mass is 322 g/mol. The van der Waals surface area contributed by atoms with Crippen LogP contribution in [0.4, 0.5) is 0 Å². The number of aliphatic hydroxyl groups excluding tert-OH is 1. The number of aliphatic hydroxyl groups is 1. The van der Waals surface area contributed by atoms with E-state index in [-0.39, 0.29) is 24.3 Å². The van der Waals surface area contributed by atoms with Crippen molar-refractivity contribution in [3.05, 3.63) is 35.4 Å². The highest BCUT2D eigenvalue weighted by Crippen LogP contribution is 2.09. The Kier molecular flexibility index (Phi) is 6.71. The Bertz CT molecular complexity index is 568. The number of primary amides is 1. The number of carbonyl (C=O) groups is 3. The number of nitrogens with two attached hydrogens (primary N) is 1. The summed E-state index contributed by atoms with van der Waals surface area (Å²) in [7, 11) is 0. The normalized spacial score (nSPS) is 13.4. The number of carboxylic acid groups (broad SMARTS) is 1. The minimum atomic E-state index is -1.20. The summed E-state index contributed by atoms with van der Waals surface area (Å²) in [6.07, 6.45) is -0.800. The van der Waals surface area contributed by atoms with E-state index in [1.54, 1.807) is 12.1 Å². The van der Waals surface area contributed by atoms with Crippen LogP contribution < -0.4 is 11.1 Å². The van der Waals surface area contributed by atoms with Gasteiger partial charge in [-0.2, -0.15) is 0 Å². The van der Waals surface area contributed by atoms with Crippen molar-refractivity contribution in [3.8, 4) is 0 Å². The Morgan fingerprint density at radius 3 is 2.17 bits per heavy atom. The summed E-state index contributed by atoms with van der Waals surface area (Å²) in [4.78, 5) is 34.2. The van der Waals surface area contributed by atoms with Crippen molar-refractivity contribution in [1.29, 1.82) is 0 Å². The van der Waals surface area contributed by atoms with Gasteiger partial charge in [0.15, 0.2) is 0 Å². The number of benzene rings is 1. The van der Waals surface area contributed by atoms with Crippen molar-refractivity contribution in [1.82, 2.24) is 5.32 Å². The van der Waals surface area contributed by atoms with Gasteiger partial charge in [-0.25, -0.2) is 4.79 Å². The third-order valence-electron chi connectivity index (χ3n) is 3.30. The molecule has 0 heterocycles. The lowest BCUT2D eigenvalue weighted by atomic mass is 10.0. The van der Waals surface area contributed by atoms with Gasteiger partial charge >= 0.3 is 5.97 Å². The van der Waals surface area contributed by atoms with Crippen molar-refractivity contribution in [2.24, 2.45) is 11.7 Å². The molecule has 126 valence electrons. The fraction of sp³-hybridized carbons (Fsp3) is 0.438. The number of hydrogen-bond acceptors (Lipinski definition) is 4. The highest BCUT2D eigenvalue weighted by Gasteiger charge is 2.23. The summed E-state index contributed by atoms with van der Waals surface area (Å²) in [5.74, 6) is -2.29. The van der Waals surface area contributed by atoms with E-state index in [1.165, 1.54) is 12.1 Å². The van der Waals surface area contributed by atoms with Crippen molar-refractivity contribution in [3.63, 3.8) is 0 Å². The van der Waals surface area contributed by atoms with Gasteiger partial charge in [0.1, 0.15) is 12.1 Å². The lowest BCUT2D eigenvalue weighted by Gasteiger charge is -2.19. The van der Waals surface area contributed by atoms with Crippen LogP contribution in [-0.2, 0) is 16.0 Å². The Labute approximate surface area is 134 Å². The molecule has 0 aliphatic rings. The molecular weight excluding hydrogens is 300 g/mol. The van der Waals surface area contributed by atoms with Gasteiger partial charge in [0.2, 0.25) is 11.8 Å². The zero-order valence-corrected chi connectivity index (χ0v) is 13.2. The maximum absolute atomic E-state index is 11.9. The molecule has 0 aromatic heterocycles. The van der Waals surface area contributed by atoms with E-state index in [0.717, 1.165) is 0 Å². The predicted octanol–water partition coefficient (Wildman–Crippen LogP) is 0.304. The molecule has 2 amide bonds. The number of nitrogens with one attached hydrogen (secondary N) is 1. The third-order valence-corrected chi connectivity index (χ3v) is 3.30. The first-order chi connectivity index (χ1) is 10.7. The molecule has 0 unspecified atom stereocenters. The molecule has 0 bridgehead atoms. The molecule has 7 nitrogen and oxygen atoms in total. The molecule has 1 aromatic rings. The van der Waals surface area contributed by atoms with E-state index in [4.69, 9.17) is 10.8 Å². The second-order valence-electron chi connectivity index (χ2n) is 5.82. The first-order valence-corrected chi connectivity index (χ1v) is 7.30. The maximum Gasteiger partial charge on any atom is 0.335 e. The zero-order valence-electron chi connectivity index (χ0n) is 13.2. The first-order valence-electron chi connectivity index (χ1n) is 7.30. The van der Waals surface area contributed by atoms with Crippen molar-refractivity contribution in [2.75, 3.05) is 0 Å². The lowest BCUT2D eigenvalue weighted by Crippen LogP contribution is -2.49. The Morgan fingerprint density at radius 2 is 1.74 bits per heavy atom. The Morgan fingerprint density at radius 1 is 1.17 bits per heavy atom. The van der Waals surface area contributed by atoms with E-state index in [9.17, 15) is 19.5 Å². The van der Waals surface area contributed by atoms with E-state index >= 15 is 0 Å². The van der Waals surface area contributed by atoms with E-state index in [0.29, 0.717) is 5.56 Å². The summed E-state index contributed by atoms with van der Waals surface area (Å²) in [5.41, 5.74) is 6.06. The predicted molar refractivity (Wildman–Crippen MR) is 83.7 cm³/mol. The van der Waals surface area contributed by atoms with Crippen LogP contribution in [0.15, 0.2) is 24.3 Å².